The van der Waals surface area contributed by atoms with Gasteiger partial charge in [-0.25, -0.2) is 19.7 Å². The number of halogens is 3. The first-order valence-corrected chi connectivity index (χ1v) is 12.1. The molecule has 0 saturated heterocycles. The number of nitrogens with one attached hydrogen (secondary N) is 2. The summed E-state index contributed by atoms with van der Waals surface area (Å²) in [5.74, 6) is -0.361. The molecule has 1 aliphatic rings. The average molecular weight is 511 g/mol. The van der Waals surface area contributed by atoms with Gasteiger partial charge in [-0.05, 0) is 56.7 Å². The highest BCUT2D eigenvalue weighted by Crippen LogP contribution is 2.28. The van der Waals surface area contributed by atoms with Gasteiger partial charge in [-0.1, -0.05) is 6.07 Å². The number of pyridine rings is 1. The van der Waals surface area contributed by atoms with E-state index in [2.05, 4.69) is 37.6 Å². The molecule has 198 valence electrons. The molecule has 2 aromatic heterocycles. The van der Waals surface area contributed by atoms with E-state index < -0.39 is 23.9 Å². The Hall–Kier alpha value is -2.99. The Balaban J connectivity index is 1.50. The first-order chi connectivity index (χ1) is 17.3. The van der Waals surface area contributed by atoms with Crippen molar-refractivity contribution in [2.75, 3.05) is 50.5 Å². The molecular formula is C24H33F3N6O3. The number of alkyl halides is 3. The number of hydrogen-bond acceptors (Lipinski definition) is 8. The van der Waals surface area contributed by atoms with Crippen LogP contribution in [-0.4, -0.2) is 76.9 Å². The van der Waals surface area contributed by atoms with Gasteiger partial charge in [0.25, 0.3) is 0 Å². The SMILES string of the molecule is COCCN(CCCCc1ccc2c(n1)NCCC2)CCC(Nc1cc(C(F)(F)F)ncn1)C(=O)O. The second-order valence-electron chi connectivity index (χ2n) is 8.74. The second-order valence-corrected chi connectivity index (χ2v) is 8.74. The minimum atomic E-state index is -4.64. The highest BCUT2D eigenvalue weighted by Gasteiger charge is 2.33. The number of nitrogens with zero attached hydrogens (tertiary/aromatic N) is 4. The Morgan fingerprint density at radius 3 is 2.83 bits per heavy atom. The van der Waals surface area contributed by atoms with Crippen molar-refractivity contribution >= 4 is 17.6 Å². The molecule has 0 bridgehead atoms. The van der Waals surface area contributed by atoms with Gasteiger partial charge in [0.2, 0.25) is 0 Å². The monoisotopic (exact) mass is 510 g/mol. The molecular weight excluding hydrogens is 477 g/mol. The number of ether oxygens (including phenoxy) is 1. The standard InChI is InChI=1S/C24H33F3N6O3/c1-36-14-13-33(11-3-2-6-18-8-7-17-5-4-10-28-22(17)31-18)12-9-19(23(34)35)32-21-15-20(24(25,26)27)29-16-30-21/h7-8,15-16,19H,2-6,9-14H2,1H3,(H,28,31)(H,34,35)(H,29,30,32). The van der Waals surface area contributed by atoms with Crippen LogP contribution in [0, 0.1) is 0 Å². The number of anilines is 2. The van der Waals surface area contributed by atoms with Gasteiger partial charge in [0.05, 0.1) is 6.61 Å². The molecule has 9 nitrogen and oxygen atoms in total. The molecule has 0 amide bonds. The van der Waals surface area contributed by atoms with Crippen molar-refractivity contribution in [2.45, 2.75) is 50.7 Å². The summed E-state index contributed by atoms with van der Waals surface area (Å²) in [6.45, 7) is 3.24. The summed E-state index contributed by atoms with van der Waals surface area (Å²) in [5, 5.41) is 15.5. The molecule has 1 aliphatic heterocycles. The van der Waals surface area contributed by atoms with Crippen LogP contribution in [0.2, 0.25) is 0 Å². The molecule has 0 aromatic carbocycles. The molecule has 3 rings (SSSR count). The summed E-state index contributed by atoms with van der Waals surface area (Å²) in [6.07, 6.45) is 1.15. The Labute approximate surface area is 208 Å². The van der Waals surface area contributed by atoms with Crippen molar-refractivity contribution in [2.24, 2.45) is 0 Å². The Kier molecular flexibility index (Phi) is 10.2. The minimum Gasteiger partial charge on any atom is -0.480 e. The molecule has 1 atom stereocenters. The van der Waals surface area contributed by atoms with Crippen LogP contribution in [0.25, 0.3) is 0 Å². The van der Waals surface area contributed by atoms with Gasteiger partial charge in [0.15, 0.2) is 0 Å². The largest absolute Gasteiger partial charge is 0.480 e. The van der Waals surface area contributed by atoms with Crippen LogP contribution >= 0.6 is 0 Å². The highest BCUT2D eigenvalue weighted by atomic mass is 19.4. The van der Waals surface area contributed by atoms with E-state index in [0.29, 0.717) is 25.8 Å². The minimum absolute atomic E-state index is 0.180. The van der Waals surface area contributed by atoms with E-state index in [1.54, 1.807) is 7.11 Å². The molecule has 3 heterocycles. The van der Waals surface area contributed by atoms with E-state index in [1.807, 2.05) is 0 Å². The van der Waals surface area contributed by atoms with E-state index >= 15 is 0 Å². The van der Waals surface area contributed by atoms with E-state index in [9.17, 15) is 23.1 Å². The zero-order chi connectivity index (χ0) is 26.0. The Morgan fingerprint density at radius 1 is 1.25 bits per heavy atom. The van der Waals surface area contributed by atoms with Crippen LogP contribution < -0.4 is 10.6 Å². The van der Waals surface area contributed by atoms with Gasteiger partial charge in [-0.15, -0.1) is 0 Å². The lowest BCUT2D eigenvalue weighted by Crippen LogP contribution is -2.37. The predicted molar refractivity (Wildman–Crippen MR) is 129 cm³/mol. The number of carboxylic acid groups (broad SMARTS) is 1. The first kappa shape index (κ1) is 27.6. The second kappa shape index (κ2) is 13.4. The number of unbranched alkanes of at least 4 members (excludes halogenated alkanes) is 1. The quantitative estimate of drug-likeness (QED) is 0.329. The maximum absolute atomic E-state index is 12.9. The van der Waals surface area contributed by atoms with Crippen molar-refractivity contribution in [1.82, 2.24) is 19.9 Å². The van der Waals surface area contributed by atoms with E-state index in [-0.39, 0.29) is 12.2 Å². The van der Waals surface area contributed by atoms with Gasteiger partial charge >= 0.3 is 12.1 Å². The van der Waals surface area contributed by atoms with Crippen molar-refractivity contribution in [3.05, 3.63) is 41.5 Å². The van der Waals surface area contributed by atoms with Crippen LogP contribution in [0.5, 0.6) is 0 Å². The third-order valence-corrected chi connectivity index (χ3v) is 6.03. The number of methoxy groups -OCH3 is 1. The fraction of sp³-hybridized carbons (Fsp3) is 0.583. The van der Waals surface area contributed by atoms with Crippen LogP contribution in [0.1, 0.15) is 42.6 Å². The number of fused-ring (bicyclic) bond motifs is 1. The summed E-state index contributed by atoms with van der Waals surface area (Å²) in [7, 11) is 1.60. The van der Waals surface area contributed by atoms with Crippen molar-refractivity contribution in [3.8, 4) is 0 Å². The van der Waals surface area contributed by atoms with Gasteiger partial charge in [-0.3, -0.25) is 0 Å². The van der Waals surface area contributed by atoms with E-state index in [0.717, 1.165) is 63.0 Å². The maximum atomic E-state index is 12.9. The average Bonchev–Trinajstić information content (AvgIpc) is 2.86. The van der Waals surface area contributed by atoms with E-state index in [4.69, 9.17) is 9.72 Å². The molecule has 0 radical (unpaired) electrons. The number of aliphatic carboxylic acids is 1. The number of aromatic nitrogens is 3. The third-order valence-electron chi connectivity index (χ3n) is 6.03. The molecule has 0 spiro atoms. The molecule has 0 saturated carbocycles. The number of carboxylic acids is 1. The summed E-state index contributed by atoms with van der Waals surface area (Å²) < 4.78 is 43.9. The molecule has 36 heavy (non-hydrogen) atoms. The fourth-order valence-electron chi connectivity index (χ4n) is 4.04. The Morgan fingerprint density at radius 2 is 2.08 bits per heavy atom. The van der Waals surface area contributed by atoms with Gasteiger partial charge < -0.3 is 25.4 Å². The predicted octanol–water partition coefficient (Wildman–Crippen LogP) is 3.48. The number of carbonyl (C=O) groups is 1. The van der Waals surface area contributed by atoms with Crippen LogP contribution in [0.3, 0.4) is 0 Å². The van der Waals surface area contributed by atoms with Gasteiger partial charge in [-0.2, -0.15) is 13.2 Å². The molecule has 2 aromatic rings. The third kappa shape index (κ3) is 8.59. The number of rotatable bonds is 14. The lowest BCUT2D eigenvalue weighted by atomic mass is 10.1. The maximum Gasteiger partial charge on any atom is 0.433 e. The van der Waals surface area contributed by atoms with Crippen LogP contribution in [-0.2, 0) is 28.5 Å². The molecule has 3 N–H and O–H groups in total. The summed E-state index contributed by atoms with van der Waals surface area (Å²) >= 11 is 0. The van der Waals surface area contributed by atoms with Crippen molar-refractivity contribution in [1.29, 1.82) is 0 Å². The normalized spacial score (nSPS) is 14.2. The summed E-state index contributed by atoms with van der Waals surface area (Å²) in [5.41, 5.74) is 1.17. The lowest BCUT2D eigenvalue weighted by molar-refractivity contribution is -0.141. The molecule has 1 unspecified atom stereocenters. The van der Waals surface area contributed by atoms with Gasteiger partial charge in [0.1, 0.15) is 29.7 Å². The zero-order valence-corrected chi connectivity index (χ0v) is 20.4. The highest BCUT2D eigenvalue weighted by molar-refractivity contribution is 5.76. The van der Waals surface area contributed by atoms with Crippen LogP contribution in [0.4, 0.5) is 24.8 Å². The summed E-state index contributed by atoms with van der Waals surface area (Å²) in [4.78, 5) is 25.5. The Bertz CT molecular complexity index is 992. The number of aryl methyl sites for hydroxylation is 2. The lowest BCUT2D eigenvalue weighted by Gasteiger charge is -2.24. The first-order valence-electron chi connectivity index (χ1n) is 12.1. The van der Waals surface area contributed by atoms with Gasteiger partial charge in [0, 0.05) is 38.5 Å². The molecule has 12 heteroatoms. The van der Waals surface area contributed by atoms with E-state index in [1.165, 1.54) is 5.56 Å². The van der Waals surface area contributed by atoms with Crippen LogP contribution in [0.15, 0.2) is 24.5 Å². The summed E-state index contributed by atoms with van der Waals surface area (Å²) in [6, 6.07) is 3.83. The van der Waals surface area contributed by atoms with Crippen molar-refractivity contribution in [3.63, 3.8) is 0 Å². The fourth-order valence-corrected chi connectivity index (χ4v) is 4.04. The van der Waals surface area contributed by atoms with Crippen molar-refractivity contribution < 1.29 is 27.8 Å². The topological polar surface area (TPSA) is 113 Å². The molecule has 0 fully saturated rings. The molecule has 0 aliphatic carbocycles. The number of hydrogen-bond donors (Lipinski definition) is 3. The zero-order valence-electron chi connectivity index (χ0n) is 20.4. The smallest absolute Gasteiger partial charge is 0.433 e.